The number of rotatable bonds is 3. The average molecular weight is 325 g/mol. The van der Waals surface area contributed by atoms with Gasteiger partial charge in [0, 0.05) is 12.0 Å². The summed E-state index contributed by atoms with van der Waals surface area (Å²) < 4.78 is 10.4. The van der Waals surface area contributed by atoms with Gasteiger partial charge >= 0.3 is 5.97 Å². The third-order valence-electron chi connectivity index (χ3n) is 4.09. The minimum absolute atomic E-state index is 0.146. The van der Waals surface area contributed by atoms with E-state index in [4.69, 9.17) is 9.47 Å². The number of benzene rings is 2. The Labute approximate surface area is 140 Å². The molecule has 2 aromatic carbocycles. The zero-order valence-electron chi connectivity index (χ0n) is 13.7. The molecule has 1 N–H and O–H groups in total. The number of nitrogens with one attached hydrogen (secondary N) is 1. The summed E-state index contributed by atoms with van der Waals surface area (Å²) in [4.78, 5) is 24.5. The van der Waals surface area contributed by atoms with Crippen LogP contribution in [0.3, 0.4) is 0 Å². The van der Waals surface area contributed by atoms with Crippen LogP contribution < -0.4 is 10.1 Å². The minimum Gasteiger partial charge on any atom is -0.493 e. The average Bonchev–Trinajstić information content (AvgIpc) is 2.61. The highest BCUT2D eigenvalue weighted by Crippen LogP contribution is 2.33. The summed E-state index contributed by atoms with van der Waals surface area (Å²) in [5.74, 6) is -0.0299. The maximum absolute atomic E-state index is 12.7. The molecule has 0 spiro atoms. The SMILES string of the molecule is COC(=O)c1ccccc1C(=O)NC1CCOc2ccc(C)cc21. The summed E-state index contributed by atoms with van der Waals surface area (Å²) in [6.07, 6.45) is 0.683. The van der Waals surface area contributed by atoms with Crippen molar-refractivity contribution in [3.05, 3.63) is 64.7 Å². The van der Waals surface area contributed by atoms with E-state index >= 15 is 0 Å². The molecule has 0 fully saturated rings. The largest absolute Gasteiger partial charge is 0.493 e. The van der Waals surface area contributed by atoms with Crippen LogP contribution in [0, 0.1) is 6.92 Å². The molecule has 0 radical (unpaired) electrons. The Bertz CT molecular complexity index is 785. The van der Waals surface area contributed by atoms with Gasteiger partial charge in [0.25, 0.3) is 5.91 Å². The smallest absolute Gasteiger partial charge is 0.338 e. The summed E-state index contributed by atoms with van der Waals surface area (Å²) in [5.41, 5.74) is 2.64. The Morgan fingerprint density at radius 1 is 1.17 bits per heavy atom. The van der Waals surface area contributed by atoms with Crippen LogP contribution >= 0.6 is 0 Å². The normalized spacial score (nSPS) is 15.8. The first-order valence-corrected chi connectivity index (χ1v) is 7.81. The molecule has 2 aromatic rings. The second-order valence-corrected chi connectivity index (χ2v) is 5.74. The molecule has 0 aliphatic carbocycles. The van der Waals surface area contributed by atoms with Crippen molar-refractivity contribution in [1.29, 1.82) is 0 Å². The summed E-state index contributed by atoms with van der Waals surface area (Å²) in [6, 6.07) is 12.4. The van der Waals surface area contributed by atoms with Crippen LogP contribution in [0.25, 0.3) is 0 Å². The van der Waals surface area contributed by atoms with Gasteiger partial charge in [-0.05, 0) is 25.1 Å². The third-order valence-corrected chi connectivity index (χ3v) is 4.09. The van der Waals surface area contributed by atoms with E-state index in [0.717, 1.165) is 16.9 Å². The molecule has 3 rings (SSSR count). The van der Waals surface area contributed by atoms with Crippen LogP contribution in [0.4, 0.5) is 0 Å². The van der Waals surface area contributed by atoms with Gasteiger partial charge in [-0.3, -0.25) is 4.79 Å². The standard InChI is InChI=1S/C19H19NO4/c1-12-7-8-17-15(11-12)16(9-10-24-17)20-18(21)13-5-3-4-6-14(13)19(22)23-2/h3-8,11,16H,9-10H2,1-2H3,(H,20,21). The lowest BCUT2D eigenvalue weighted by molar-refractivity contribution is 0.0596. The monoisotopic (exact) mass is 325 g/mol. The van der Waals surface area contributed by atoms with E-state index in [1.54, 1.807) is 24.3 Å². The lowest BCUT2D eigenvalue weighted by Gasteiger charge is -2.27. The second kappa shape index (κ2) is 6.74. The van der Waals surface area contributed by atoms with E-state index in [-0.39, 0.29) is 17.5 Å². The van der Waals surface area contributed by atoms with Crippen LogP contribution in [0.5, 0.6) is 5.75 Å². The fraction of sp³-hybridized carbons (Fsp3) is 0.263. The van der Waals surface area contributed by atoms with Gasteiger partial charge in [-0.2, -0.15) is 0 Å². The van der Waals surface area contributed by atoms with Crippen molar-refractivity contribution in [2.75, 3.05) is 13.7 Å². The number of hydrogen-bond donors (Lipinski definition) is 1. The van der Waals surface area contributed by atoms with E-state index in [1.165, 1.54) is 7.11 Å². The zero-order valence-corrected chi connectivity index (χ0v) is 13.7. The molecule has 0 saturated heterocycles. The quantitative estimate of drug-likeness (QED) is 0.881. The van der Waals surface area contributed by atoms with Crippen LogP contribution in [-0.4, -0.2) is 25.6 Å². The fourth-order valence-electron chi connectivity index (χ4n) is 2.87. The minimum atomic E-state index is -0.524. The zero-order chi connectivity index (χ0) is 17.1. The molecular formula is C19H19NO4. The topological polar surface area (TPSA) is 64.6 Å². The van der Waals surface area contributed by atoms with E-state index in [0.29, 0.717) is 18.6 Å². The second-order valence-electron chi connectivity index (χ2n) is 5.74. The number of hydrogen-bond acceptors (Lipinski definition) is 4. The van der Waals surface area contributed by atoms with E-state index in [2.05, 4.69) is 5.32 Å². The first kappa shape index (κ1) is 16.1. The van der Waals surface area contributed by atoms with Crippen molar-refractivity contribution in [1.82, 2.24) is 5.32 Å². The molecule has 1 atom stereocenters. The molecule has 1 amide bonds. The molecule has 0 aromatic heterocycles. The lowest BCUT2D eigenvalue weighted by Crippen LogP contribution is -2.33. The van der Waals surface area contributed by atoms with Crippen molar-refractivity contribution in [3.8, 4) is 5.75 Å². The number of fused-ring (bicyclic) bond motifs is 1. The van der Waals surface area contributed by atoms with Gasteiger partial charge in [0.2, 0.25) is 0 Å². The van der Waals surface area contributed by atoms with Gasteiger partial charge in [0.1, 0.15) is 5.75 Å². The number of carbonyl (C=O) groups excluding carboxylic acids is 2. The van der Waals surface area contributed by atoms with Crippen molar-refractivity contribution < 1.29 is 19.1 Å². The van der Waals surface area contributed by atoms with Gasteiger partial charge in [0.15, 0.2) is 0 Å². The van der Waals surface area contributed by atoms with Gasteiger partial charge in [-0.1, -0.05) is 29.8 Å². The Hall–Kier alpha value is -2.82. The molecule has 1 unspecified atom stereocenters. The maximum atomic E-state index is 12.7. The molecule has 5 nitrogen and oxygen atoms in total. The molecule has 1 heterocycles. The molecule has 1 aliphatic heterocycles. The highest BCUT2D eigenvalue weighted by molar-refractivity contribution is 6.05. The number of carbonyl (C=O) groups is 2. The third kappa shape index (κ3) is 3.11. The Kier molecular flexibility index (Phi) is 4.51. The Morgan fingerprint density at radius 2 is 1.92 bits per heavy atom. The van der Waals surface area contributed by atoms with Crippen LogP contribution in [0.1, 0.15) is 44.3 Å². The Balaban J connectivity index is 1.87. The first-order valence-electron chi connectivity index (χ1n) is 7.81. The number of amides is 1. The summed E-state index contributed by atoms with van der Waals surface area (Å²) in [7, 11) is 1.30. The number of aryl methyl sites for hydroxylation is 1. The predicted molar refractivity (Wildman–Crippen MR) is 89.3 cm³/mol. The Morgan fingerprint density at radius 3 is 2.67 bits per heavy atom. The fourth-order valence-corrected chi connectivity index (χ4v) is 2.87. The highest BCUT2D eigenvalue weighted by Gasteiger charge is 2.25. The van der Waals surface area contributed by atoms with Gasteiger partial charge < -0.3 is 14.8 Å². The van der Waals surface area contributed by atoms with E-state index in [9.17, 15) is 9.59 Å². The predicted octanol–water partition coefficient (Wildman–Crippen LogP) is 3.04. The molecule has 24 heavy (non-hydrogen) atoms. The van der Waals surface area contributed by atoms with Crippen LogP contribution in [-0.2, 0) is 4.74 Å². The number of esters is 1. The van der Waals surface area contributed by atoms with Gasteiger partial charge in [-0.25, -0.2) is 4.79 Å². The van der Waals surface area contributed by atoms with Crippen molar-refractivity contribution in [2.45, 2.75) is 19.4 Å². The van der Waals surface area contributed by atoms with Crippen molar-refractivity contribution >= 4 is 11.9 Å². The van der Waals surface area contributed by atoms with Crippen LogP contribution in [0.2, 0.25) is 0 Å². The number of ether oxygens (including phenoxy) is 2. The highest BCUT2D eigenvalue weighted by atomic mass is 16.5. The van der Waals surface area contributed by atoms with Crippen molar-refractivity contribution in [2.24, 2.45) is 0 Å². The summed E-state index contributed by atoms with van der Waals surface area (Å²) >= 11 is 0. The molecular weight excluding hydrogens is 306 g/mol. The van der Waals surface area contributed by atoms with Gasteiger partial charge in [0.05, 0.1) is 30.9 Å². The summed E-state index contributed by atoms with van der Waals surface area (Å²) in [5, 5.41) is 3.01. The lowest BCUT2D eigenvalue weighted by atomic mass is 9.97. The number of methoxy groups -OCH3 is 1. The molecule has 5 heteroatoms. The van der Waals surface area contributed by atoms with Crippen LogP contribution in [0.15, 0.2) is 42.5 Å². The maximum Gasteiger partial charge on any atom is 0.338 e. The molecule has 1 aliphatic rings. The van der Waals surface area contributed by atoms with E-state index < -0.39 is 5.97 Å². The van der Waals surface area contributed by atoms with Gasteiger partial charge in [-0.15, -0.1) is 0 Å². The summed E-state index contributed by atoms with van der Waals surface area (Å²) in [6.45, 7) is 2.54. The molecule has 0 bridgehead atoms. The molecule has 124 valence electrons. The van der Waals surface area contributed by atoms with Crippen molar-refractivity contribution in [3.63, 3.8) is 0 Å². The van der Waals surface area contributed by atoms with E-state index in [1.807, 2.05) is 25.1 Å². The first-order chi connectivity index (χ1) is 11.6. The molecule has 0 saturated carbocycles.